The molecule has 0 saturated heterocycles. The predicted octanol–water partition coefficient (Wildman–Crippen LogP) is 3.07. The van der Waals surface area contributed by atoms with Crippen LogP contribution in [0.15, 0.2) is 36.8 Å². The van der Waals surface area contributed by atoms with Gasteiger partial charge < -0.3 is 0 Å². The zero-order chi connectivity index (χ0) is 13.0. The summed E-state index contributed by atoms with van der Waals surface area (Å²) in [5.74, 6) is 0. The summed E-state index contributed by atoms with van der Waals surface area (Å²) < 4.78 is 0. The lowest BCUT2D eigenvalue weighted by atomic mass is 10.2. The summed E-state index contributed by atoms with van der Waals surface area (Å²) in [5.41, 5.74) is 3.40. The van der Waals surface area contributed by atoms with Gasteiger partial charge in [-0.05, 0) is 37.2 Å². The average Bonchev–Trinajstić information content (AvgIpc) is 2.35. The number of nitrogens with zero attached hydrogens (tertiary/aromatic N) is 3. The molecule has 0 amide bonds. The zero-order valence-electron chi connectivity index (χ0n) is 10.6. The second kappa shape index (κ2) is 5.94. The quantitative estimate of drug-likeness (QED) is 0.847. The third kappa shape index (κ3) is 3.28. The fourth-order valence-corrected chi connectivity index (χ4v) is 2.00. The van der Waals surface area contributed by atoms with E-state index in [1.165, 1.54) is 5.56 Å². The molecule has 0 unspecified atom stereocenters. The number of aryl methyl sites for hydroxylation is 1. The van der Waals surface area contributed by atoms with Gasteiger partial charge in [0.25, 0.3) is 0 Å². The summed E-state index contributed by atoms with van der Waals surface area (Å²) in [7, 11) is 2.06. The molecule has 0 radical (unpaired) electrons. The maximum atomic E-state index is 6.10. The van der Waals surface area contributed by atoms with E-state index >= 15 is 0 Å². The molecule has 0 aromatic carbocycles. The molecule has 2 aromatic rings. The first kappa shape index (κ1) is 13.0. The number of hydrogen-bond acceptors (Lipinski definition) is 3. The molecule has 0 aliphatic carbocycles. The highest BCUT2D eigenvalue weighted by Crippen LogP contribution is 2.16. The molecule has 0 aliphatic rings. The van der Waals surface area contributed by atoms with Gasteiger partial charge in [0.1, 0.15) is 0 Å². The van der Waals surface area contributed by atoms with Gasteiger partial charge in [0.2, 0.25) is 0 Å². The van der Waals surface area contributed by atoms with Crippen LogP contribution in [0.2, 0.25) is 5.02 Å². The van der Waals surface area contributed by atoms with E-state index in [1.54, 1.807) is 12.4 Å². The highest BCUT2D eigenvalue weighted by atomic mass is 35.5. The molecule has 18 heavy (non-hydrogen) atoms. The third-order valence-electron chi connectivity index (χ3n) is 2.83. The minimum absolute atomic E-state index is 0.710. The van der Waals surface area contributed by atoms with E-state index < -0.39 is 0 Å². The van der Waals surface area contributed by atoms with E-state index in [1.807, 2.05) is 18.3 Å². The van der Waals surface area contributed by atoms with Crippen LogP contribution in [-0.2, 0) is 13.1 Å². The van der Waals surface area contributed by atoms with Crippen molar-refractivity contribution in [3.8, 4) is 0 Å². The normalized spacial score (nSPS) is 10.9. The van der Waals surface area contributed by atoms with Crippen LogP contribution in [-0.4, -0.2) is 21.9 Å². The van der Waals surface area contributed by atoms with E-state index in [-0.39, 0.29) is 0 Å². The molecule has 4 heteroatoms. The summed E-state index contributed by atoms with van der Waals surface area (Å²) in [6.45, 7) is 3.68. The van der Waals surface area contributed by atoms with Crippen molar-refractivity contribution in [2.45, 2.75) is 20.0 Å². The van der Waals surface area contributed by atoms with Gasteiger partial charge in [-0.3, -0.25) is 14.9 Å². The first-order chi connectivity index (χ1) is 8.66. The average molecular weight is 262 g/mol. The van der Waals surface area contributed by atoms with Gasteiger partial charge in [0.05, 0.1) is 10.7 Å². The first-order valence-electron chi connectivity index (χ1n) is 5.84. The van der Waals surface area contributed by atoms with Crippen molar-refractivity contribution in [1.29, 1.82) is 0 Å². The van der Waals surface area contributed by atoms with Crippen molar-refractivity contribution >= 4 is 11.6 Å². The van der Waals surface area contributed by atoms with Crippen LogP contribution in [0.1, 0.15) is 16.8 Å². The lowest BCUT2D eigenvalue weighted by molar-refractivity contribution is 0.314. The standard InChI is InChI=1S/C14H16ClN3/c1-11-4-3-6-17-14(11)10-18(2)9-12-5-7-16-8-13(12)15/h3-8H,9-10H2,1-2H3. The summed E-state index contributed by atoms with van der Waals surface area (Å²) in [5, 5.41) is 0.710. The maximum absolute atomic E-state index is 6.10. The van der Waals surface area contributed by atoms with E-state index in [2.05, 4.69) is 34.9 Å². The van der Waals surface area contributed by atoms with E-state index in [0.29, 0.717) is 5.02 Å². The predicted molar refractivity (Wildman–Crippen MR) is 73.4 cm³/mol. The van der Waals surface area contributed by atoms with Crippen LogP contribution < -0.4 is 0 Å². The molecule has 0 bridgehead atoms. The highest BCUT2D eigenvalue weighted by molar-refractivity contribution is 6.31. The number of pyridine rings is 2. The van der Waals surface area contributed by atoms with Gasteiger partial charge in [-0.25, -0.2) is 0 Å². The Hall–Kier alpha value is -1.45. The number of halogens is 1. The molecule has 0 saturated carbocycles. The molecule has 94 valence electrons. The molecule has 0 N–H and O–H groups in total. The fourth-order valence-electron chi connectivity index (χ4n) is 1.82. The number of aromatic nitrogens is 2. The smallest absolute Gasteiger partial charge is 0.0634 e. The summed E-state index contributed by atoms with van der Waals surface area (Å²) in [4.78, 5) is 10.6. The first-order valence-corrected chi connectivity index (χ1v) is 6.22. The number of rotatable bonds is 4. The van der Waals surface area contributed by atoms with Gasteiger partial charge in [-0.1, -0.05) is 17.7 Å². The van der Waals surface area contributed by atoms with Crippen LogP contribution in [0.5, 0.6) is 0 Å². The Labute approximate surface area is 112 Å². The van der Waals surface area contributed by atoms with E-state index in [9.17, 15) is 0 Å². The minimum atomic E-state index is 0.710. The molecular weight excluding hydrogens is 246 g/mol. The van der Waals surface area contributed by atoms with Gasteiger partial charge in [-0.2, -0.15) is 0 Å². The van der Waals surface area contributed by atoms with Crippen LogP contribution >= 0.6 is 11.6 Å². The van der Waals surface area contributed by atoms with Crippen molar-refractivity contribution in [1.82, 2.24) is 14.9 Å². The van der Waals surface area contributed by atoms with Crippen LogP contribution in [0.4, 0.5) is 0 Å². The maximum Gasteiger partial charge on any atom is 0.0634 e. The van der Waals surface area contributed by atoms with Gasteiger partial charge >= 0.3 is 0 Å². The van der Waals surface area contributed by atoms with Gasteiger partial charge in [0, 0.05) is 31.7 Å². The minimum Gasteiger partial charge on any atom is -0.296 e. The summed E-state index contributed by atoms with van der Waals surface area (Å²) >= 11 is 6.10. The molecule has 0 fully saturated rings. The van der Waals surface area contributed by atoms with Crippen molar-refractivity contribution in [2.75, 3.05) is 7.05 Å². The molecule has 2 rings (SSSR count). The molecule has 0 spiro atoms. The van der Waals surface area contributed by atoms with E-state index in [0.717, 1.165) is 24.3 Å². The Morgan fingerprint density at radius 1 is 1.22 bits per heavy atom. The largest absolute Gasteiger partial charge is 0.296 e. The van der Waals surface area contributed by atoms with Crippen LogP contribution in [0, 0.1) is 6.92 Å². The Morgan fingerprint density at radius 2 is 2.06 bits per heavy atom. The summed E-state index contributed by atoms with van der Waals surface area (Å²) in [6, 6.07) is 5.98. The van der Waals surface area contributed by atoms with Crippen molar-refractivity contribution in [3.05, 3.63) is 58.6 Å². The van der Waals surface area contributed by atoms with Crippen LogP contribution in [0.25, 0.3) is 0 Å². The lowest BCUT2D eigenvalue weighted by Crippen LogP contribution is -2.18. The fraction of sp³-hybridized carbons (Fsp3) is 0.286. The second-order valence-electron chi connectivity index (χ2n) is 4.41. The monoisotopic (exact) mass is 261 g/mol. The topological polar surface area (TPSA) is 29.0 Å². The lowest BCUT2D eigenvalue weighted by Gasteiger charge is -2.17. The van der Waals surface area contributed by atoms with Crippen molar-refractivity contribution in [3.63, 3.8) is 0 Å². The molecule has 2 aromatic heterocycles. The van der Waals surface area contributed by atoms with Crippen molar-refractivity contribution in [2.24, 2.45) is 0 Å². The Bertz CT molecular complexity index is 480. The summed E-state index contributed by atoms with van der Waals surface area (Å²) in [6.07, 6.45) is 5.27. The third-order valence-corrected chi connectivity index (χ3v) is 3.17. The molecule has 3 nitrogen and oxygen atoms in total. The van der Waals surface area contributed by atoms with Crippen LogP contribution in [0.3, 0.4) is 0 Å². The Morgan fingerprint density at radius 3 is 2.78 bits per heavy atom. The van der Waals surface area contributed by atoms with Gasteiger partial charge in [-0.15, -0.1) is 0 Å². The SMILES string of the molecule is Cc1cccnc1CN(C)Cc1ccncc1Cl. The van der Waals surface area contributed by atoms with Gasteiger partial charge in [0.15, 0.2) is 0 Å². The molecule has 0 atom stereocenters. The Balaban J connectivity index is 2.04. The molecular formula is C14H16ClN3. The number of hydrogen-bond donors (Lipinski definition) is 0. The second-order valence-corrected chi connectivity index (χ2v) is 4.81. The zero-order valence-corrected chi connectivity index (χ0v) is 11.4. The highest BCUT2D eigenvalue weighted by Gasteiger charge is 2.07. The van der Waals surface area contributed by atoms with E-state index in [4.69, 9.17) is 11.6 Å². The van der Waals surface area contributed by atoms with Crippen molar-refractivity contribution < 1.29 is 0 Å². The molecule has 0 aliphatic heterocycles. The Kier molecular flexibility index (Phi) is 4.28. The molecule has 2 heterocycles.